The minimum absolute atomic E-state index is 0.0276. The second-order valence-corrected chi connectivity index (χ2v) is 7.13. The van der Waals surface area contributed by atoms with Gasteiger partial charge in [-0.25, -0.2) is 0 Å². The van der Waals surface area contributed by atoms with E-state index in [2.05, 4.69) is 41.2 Å². The van der Waals surface area contributed by atoms with E-state index in [0.717, 1.165) is 44.0 Å². The van der Waals surface area contributed by atoms with Crippen molar-refractivity contribution >= 4 is 23.6 Å². The summed E-state index contributed by atoms with van der Waals surface area (Å²) < 4.78 is 1.62. The first-order valence-electron chi connectivity index (χ1n) is 8.88. The summed E-state index contributed by atoms with van der Waals surface area (Å²) in [6.45, 7) is 8.24. The molecule has 26 heavy (non-hydrogen) atoms. The second kappa shape index (κ2) is 8.06. The fraction of sp³-hybridized carbons (Fsp3) is 0.400. The molecule has 138 valence electrons. The van der Waals surface area contributed by atoms with Crippen molar-refractivity contribution < 1.29 is 4.79 Å². The maximum atomic E-state index is 12.5. The van der Waals surface area contributed by atoms with E-state index in [1.807, 2.05) is 11.8 Å². The van der Waals surface area contributed by atoms with Gasteiger partial charge in [0.2, 0.25) is 5.91 Å². The molecule has 1 aliphatic heterocycles. The van der Waals surface area contributed by atoms with Gasteiger partial charge in [0.15, 0.2) is 0 Å². The SMILES string of the molecule is Cc1ccccc1CN1CCN(C(=O)/C=C/c2c(C)nn(C)c2Cl)CC1. The van der Waals surface area contributed by atoms with Crippen molar-refractivity contribution in [2.45, 2.75) is 20.4 Å². The Bertz CT molecular complexity index is 819. The van der Waals surface area contributed by atoms with E-state index in [9.17, 15) is 4.79 Å². The molecule has 5 nitrogen and oxygen atoms in total. The fourth-order valence-corrected chi connectivity index (χ4v) is 3.49. The topological polar surface area (TPSA) is 41.4 Å². The fourth-order valence-electron chi connectivity index (χ4n) is 3.25. The van der Waals surface area contributed by atoms with Crippen LogP contribution in [0, 0.1) is 13.8 Å². The van der Waals surface area contributed by atoms with E-state index in [4.69, 9.17) is 11.6 Å². The standard InChI is InChI=1S/C20H25ClN4O/c1-15-6-4-5-7-17(15)14-24-10-12-25(13-11-24)19(26)9-8-18-16(2)22-23(3)20(18)21/h4-9H,10-14H2,1-3H3/b9-8+. The van der Waals surface area contributed by atoms with Gasteiger partial charge in [0.25, 0.3) is 0 Å². The first kappa shape index (κ1) is 18.7. The van der Waals surface area contributed by atoms with Crippen LogP contribution >= 0.6 is 11.6 Å². The average molecular weight is 373 g/mol. The van der Waals surface area contributed by atoms with Crippen molar-refractivity contribution in [1.82, 2.24) is 19.6 Å². The molecule has 0 spiro atoms. The molecule has 1 aromatic carbocycles. The van der Waals surface area contributed by atoms with Crippen molar-refractivity contribution in [3.8, 4) is 0 Å². The average Bonchev–Trinajstić information content (AvgIpc) is 2.87. The molecule has 0 bridgehead atoms. The maximum Gasteiger partial charge on any atom is 0.246 e. The lowest BCUT2D eigenvalue weighted by Crippen LogP contribution is -2.47. The van der Waals surface area contributed by atoms with Crippen LogP contribution < -0.4 is 0 Å². The first-order valence-corrected chi connectivity index (χ1v) is 9.26. The maximum absolute atomic E-state index is 12.5. The number of rotatable bonds is 4. The Balaban J connectivity index is 1.55. The lowest BCUT2D eigenvalue weighted by molar-refractivity contribution is -0.127. The zero-order valence-electron chi connectivity index (χ0n) is 15.6. The molecular formula is C20H25ClN4O. The molecule has 1 aliphatic rings. The van der Waals surface area contributed by atoms with E-state index in [-0.39, 0.29) is 5.91 Å². The number of aryl methyl sites for hydroxylation is 3. The second-order valence-electron chi connectivity index (χ2n) is 6.77. The molecule has 3 rings (SSSR count). The zero-order chi connectivity index (χ0) is 18.7. The first-order chi connectivity index (χ1) is 12.5. The van der Waals surface area contributed by atoms with Crippen LogP contribution in [-0.2, 0) is 18.4 Å². The van der Waals surface area contributed by atoms with Gasteiger partial charge in [0.1, 0.15) is 5.15 Å². The smallest absolute Gasteiger partial charge is 0.246 e. The van der Waals surface area contributed by atoms with Gasteiger partial charge in [-0.3, -0.25) is 14.4 Å². The molecule has 1 fully saturated rings. The highest BCUT2D eigenvalue weighted by Gasteiger charge is 2.20. The van der Waals surface area contributed by atoms with Crippen LogP contribution in [0.25, 0.3) is 6.08 Å². The molecule has 0 aliphatic carbocycles. The molecule has 6 heteroatoms. The van der Waals surface area contributed by atoms with E-state index < -0.39 is 0 Å². The number of benzene rings is 1. The van der Waals surface area contributed by atoms with Crippen LogP contribution in [0.4, 0.5) is 0 Å². The Morgan fingerprint density at radius 2 is 1.88 bits per heavy atom. The molecule has 1 aromatic heterocycles. The predicted molar refractivity (Wildman–Crippen MR) is 105 cm³/mol. The van der Waals surface area contributed by atoms with Gasteiger partial charge in [0.05, 0.1) is 5.69 Å². The van der Waals surface area contributed by atoms with E-state index in [0.29, 0.717) is 5.15 Å². The van der Waals surface area contributed by atoms with Crippen molar-refractivity contribution in [3.05, 3.63) is 57.9 Å². The van der Waals surface area contributed by atoms with Crippen LogP contribution in [0.1, 0.15) is 22.4 Å². The molecule has 0 radical (unpaired) electrons. The number of amides is 1. The number of hydrogen-bond acceptors (Lipinski definition) is 3. The van der Waals surface area contributed by atoms with Gasteiger partial charge in [-0.05, 0) is 31.1 Å². The Kier molecular flexibility index (Phi) is 5.79. The molecule has 1 saturated heterocycles. The molecule has 0 atom stereocenters. The zero-order valence-corrected chi connectivity index (χ0v) is 16.3. The summed E-state index contributed by atoms with van der Waals surface area (Å²) in [5.41, 5.74) is 4.30. The third-order valence-corrected chi connectivity index (χ3v) is 5.38. The number of halogens is 1. The molecule has 0 N–H and O–H groups in total. The molecule has 0 unspecified atom stereocenters. The van der Waals surface area contributed by atoms with Gasteiger partial charge < -0.3 is 4.90 Å². The Morgan fingerprint density at radius 1 is 1.19 bits per heavy atom. The van der Waals surface area contributed by atoms with Crippen LogP contribution in [0.5, 0.6) is 0 Å². The Labute approximate surface area is 159 Å². The molecule has 1 amide bonds. The Hall–Kier alpha value is -2.11. The van der Waals surface area contributed by atoms with Crippen LogP contribution in [0.15, 0.2) is 30.3 Å². The van der Waals surface area contributed by atoms with E-state index in [1.165, 1.54) is 11.1 Å². The molecular weight excluding hydrogens is 348 g/mol. The summed E-state index contributed by atoms with van der Waals surface area (Å²) in [5, 5.41) is 4.81. The predicted octanol–water partition coefficient (Wildman–Crippen LogP) is 3.05. The Morgan fingerprint density at radius 3 is 2.50 bits per heavy atom. The van der Waals surface area contributed by atoms with Crippen LogP contribution in [0.3, 0.4) is 0 Å². The third-order valence-electron chi connectivity index (χ3n) is 4.93. The number of hydrogen-bond donors (Lipinski definition) is 0. The minimum atomic E-state index is 0.0276. The summed E-state index contributed by atoms with van der Waals surface area (Å²) >= 11 is 6.21. The number of piperazine rings is 1. The lowest BCUT2D eigenvalue weighted by Gasteiger charge is -2.34. The summed E-state index contributed by atoms with van der Waals surface area (Å²) in [5.74, 6) is 0.0276. The highest BCUT2D eigenvalue weighted by molar-refractivity contribution is 6.31. The molecule has 0 saturated carbocycles. The van der Waals surface area contributed by atoms with E-state index >= 15 is 0 Å². The number of aromatic nitrogens is 2. The normalized spacial score (nSPS) is 15.8. The van der Waals surface area contributed by atoms with Crippen molar-refractivity contribution in [2.75, 3.05) is 26.2 Å². The summed E-state index contributed by atoms with van der Waals surface area (Å²) in [7, 11) is 1.79. The van der Waals surface area contributed by atoms with E-state index in [1.54, 1.807) is 23.9 Å². The highest BCUT2D eigenvalue weighted by atomic mass is 35.5. The van der Waals surface area contributed by atoms with Crippen molar-refractivity contribution in [2.24, 2.45) is 7.05 Å². The van der Waals surface area contributed by atoms with Crippen molar-refractivity contribution in [1.29, 1.82) is 0 Å². The summed E-state index contributed by atoms with van der Waals surface area (Å²) in [6, 6.07) is 8.47. The van der Waals surface area contributed by atoms with Gasteiger partial charge in [0, 0.05) is 51.4 Å². The summed E-state index contributed by atoms with van der Waals surface area (Å²) in [6.07, 6.45) is 3.37. The monoisotopic (exact) mass is 372 g/mol. The lowest BCUT2D eigenvalue weighted by atomic mass is 10.1. The summed E-state index contributed by atoms with van der Waals surface area (Å²) in [4.78, 5) is 16.8. The number of carbonyl (C=O) groups excluding carboxylic acids is 1. The van der Waals surface area contributed by atoms with Gasteiger partial charge in [-0.2, -0.15) is 5.10 Å². The van der Waals surface area contributed by atoms with Crippen LogP contribution in [0.2, 0.25) is 5.15 Å². The number of carbonyl (C=O) groups is 1. The van der Waals surface area contributed by atoms with Crippen molar-refractivity contribution in [3.63, 3.8) is 0 Å². The quantitative estimate of drug-likeness (QED) is 0.774. The minimum Gasteiger partial charge on any atom is -0.337 e. The van der Waals surface area contributed by atoms with Crippen LogP contribution in [-0.4, -0.2) is 51.7 Å². The molecule has 2 aromatic rings. The van der Waals surface area contributed by atoms with Gasteiger partial charge in [-0.1, -0.05) is 35.9 Å². The number of nitrogens with zero attached hydrogens (tertiary/aromatic N) is 4. The highest BCUT2D eigenvalue weighted by Crippen LogP contribution is 2.20. The largest absolute Gasteiger partial charge is 0.337 e. The third kappa shape index (κ3) is 4.17. The molecule has 2 heterocycles. The van der Waals surface area contributed by atoms with Gasteiger partial charge >= 0.3 is 0 Å². The van der Waals surface area contributed by atoms with Gasteiger partial charge in [-0.15, -0.1) is 0 Å².